The summed E-state index contributed by atoms with van der Waals surface area (Å²) in [5, 5.41) is 11.8. The number of hydrogen-bond acceptors (Lipinski definition) is 2. The van der Waals surface area contributed by atoms with Crippen LogP contribution in [0.2, 0.25) is 10.0 Å². The highest BCUT2D eigenvalue weighted by molar-refractivity contribution is 9.10. The first-order chi connectivity index (χ1) is 8.16. The second kappa shape index (κ2) is 5.47. The number of nitrogens with one attached hydrogen (secondary N) is 1. The van der Waals surface area contributed by atoms with Crippen LogP contribution in [0.4, 0.5) is 5.69 Å². The fourth-order valence-electron chi connectivity index (χ4n) is 1.03. The number of benzene rings is 1. The number of hydrogen-bond donors (Lipinski definition) is 2. The maximum absolute atomic E-state index is 11.8. The molecule has 0 heterocycles. The average Bonchev–Trinajstić information content (AvgIpc) is 2.22. The van der Waals surface area contributed by atoms with Gasteiger partial charge in [0.15, 0.2) is 0 Å². The smallest absolute Gasteiger partial charge is 0.318 e. The molecule has 4 nitrogen and oxygen atoms in total. The van der Waals surface area contributed by atoms with Crippen LogP contribution in [0, 0.1) is 5.41 Å². The normalized spacial score (nSPS) is 11.2. The number of anilines is 1. The molecule has 1 aromatic carbocycles. The Morgan fingerprint density at radius 2 is 1.72 bits per heavy atom. The quantitative estimate of drug-likeness (QED) is 0.811. The predicted molar refractivity (Wildman–Crippen MR) is 74.2 cm³/mol. The average molecular weight is 355 g/mol. The van der Waals surface area contributed by atoms with Crippen molar-refractivity contribution in [2.75, 3.05) is 5.32 Å². The maximum Gasteiger partial charge on any atom is 0.318 e. The third-order valence-corrected chi connectivity index (χ3v) is 3.40. The molecule has 0 unspecified atom stereocenters. The number of rotatable bonds is 3. The highest BCUT2D eigenvalue weighted by Gasteiger charge is 2.36. The van der Waals surface area contributed by atoms with Crippen molar-refractivity contribution in [1.82, 2.24) is 0 Å². The second-order valence-corrected chi connectivity index (χ2v) is 5.86. The number of halogens is 3. The Morgan fingerprint density at radius 1 is 1.28 bits per heavy atom. The van der Waals surface area contributed by atoms with Gasteiger partial charge in [-0.2, -0.15) is 0 Å². The van der Waals surface area contributed by atoms with Gasteiger partial charge in [0.05, 0.1) is 15.7 Å². The zero-order valence-corrected chi connectivity index (χ0v) is 12.7. The molecule has 0 spiro atoms. The summed E-state index contributed by atoms with van der Waals surface area (Å²) in [6.45, 7) is 2.59. The minimum absolute atomic E-state index is 0.195. The van der Waals surface area contributed by atoms with E-state index in [1.54, 1.807) is 12.1 Å². The molecule has 0 aliphatic heterocycles. The lowest BCUT2D eigenvalue weighted by atomic mass is 9.92. The summed E-state index contributed by atoms with van der Waals surface area (Å²) in [4.78, 5) is 22.8. The Morgan fingerprint density at radius 3 is 2.11 bits per heavy atom. The van der Waals surface area contributed by atoms with E-state index in [9.17, 15) is 9.59 Å². The minimum atomic E-state index is -1.57. The molecule has 0 aliphatic rings. The monoisotopic (exact) mass is 353 g/mol. The highest BCUT2D eigenvalue weighted by Crippen LogP contribution is 2.34. The van der Waals surface area contributed by atoms with Gasteiger partial charge in [0.1, 0.15) is 5.41 Å². The fourth-order valence-corrected chi connectivity index (χ4v) is 2.33. The van der Waals surface area contributed by atoms with Crippen LogP contribution < -0.4 is 5.32 Å². The van der Waals surface area contributed by atoms with E-state index in [-0.39, 0.29) is 15.7 Å². The van der Waals surface area contributed by atoms with Crippen LogP contribution in [-0.2, 0) is 9.59 Å². The zero-order chi connectivity index (χ0) is 14.1. The Kier molecular flexibility index (Phi) is 4.64. The molecule has 0 atom stereocenters. The molecule has 1 aromatic rings. The topological polar surface area (TPSA) is 66.4 Å². The van der Waals surface area contributed by atoms with Gasteiger partial charge in [-0.3, -0.25) is 9.59 Å². The van der Waals surface area contributed by atoms with E-state index in [0.717, 1.165) is 0 Å². The van der Waals surface area contributed by atoms with Crippen molar-refractivity contribution in [2.24, 2.45) is 5.41 Å². The summed E-state index contributed by atoms with van der Waals surface area (Å²) in [6.07, 6.45) is 0. The van der Waals surface area contributed by atoms with Crippen LogP contribution in [-0.4, -0.2) is 17.0 Å². The van der Waals surface area contributed by atoms with E-state index < -0.39 is 17.3 Å². The lowest BCUT2D eigenvalue weighted by Gasteiger charge is -2.19. The van der Waals surface area contributed by atoms with Gasteiger partial charge in [-0.1, -0.05) is 39.1 Å². The fraction of sp³-hybridized carbons (Fsp3) is 0.273. The van der Waals surface area contributed by atoms with E-state index in [2.05, 4.69) is 21.2 Å². The van der Waals surface area contributed by atoms with Gasteiger partial charge in [0.25, 0.3) is 0 Å². The Labute approximate surface area is 122 Å². The molecule has 1 amide bonds. The first-order valence-electron chi connectivity index (χ1n) is 4.85. The van der Waals surface area contributed by atoms with E-state index in [1.165, 1.54) is 13.8 Å². The summed E-state index contributed by atoms with van der Waals surface area (Å²) in [5.74, 6) is -1.93. The van der Waals surface area contributed by atoms with Gasteiger partial charge in [0.2, 0.25) is 5.91 Å². The third-order valence-electron chi connectivity index (χ3n) is 2.35. The van der Waals surface area contributed by atoms with E-state index in [4.69, 9.17) is 28.3 Å². The molecule has 7 heteroatoms. The summed E-state index contributed by atoms with van der Waals surface area (Å²) >= 11 is 15.1. The molecule has 0 saturated heterocycles. The lowest BCUT2D eigenvalue weighted by Crippen LogP contribution is -2.37. The number of amides is 1. The van der Waals surface area contributed by atoms with Crippen LogP contribution in [0.15, 0.2) is 16.6 Å². The van der Waals surface area contributed by atoms with Gasteiger partial charge in [-0.25, -0.2) is 0 Å². The van der Waals surface area contributed by atoms with Crippen molar-refractivity contribution in [3.8, 4) is 0 Å². The number of carbonyl (C=O) groups is 2. The van der Waals surface area contributed by atoms with Crippen molar-refractivity contribution < 1.29 is 14.7 Å². The minimum Gasteiger partial charge on any atom is -0.480 e. The summed E-state index contributed by atoms with van der Waals surface area (Å²) < 4.78 is 0.660. The van der Waals surface area contributed by atoms with Crippen molar-refractivity contribution in [3.63, 3.8) is 0 Å². The molecule has 1 rings (SSSR count). The maximum atomic E-state index is 11.8. The molecular formula is C11H10BrCl2NO3. The molecular weight excluding hydrogens is 345 g/mol. The summed E-state index contributed by atoms with van der Waals surface area (Å²) in [7, 11) is 0. The zero-order valence-electron chi connectivity index (χ0n) is 9.55. The van der Waals surface area contributed by atoms with Crippen molar-refractivity contribution in [3.05, 3.63) is 26.7 Å². The molecule has 0 radical (unpaired) electrons. The van der Waals surface area contributed by atoms with Gasteiger partial charge in [-0.05, 0) is 26.0 Å². The molecule has 0 saturated carbocycles. The Hall–Kier alpha value is -0.780. The van der Waals surface area contributed by atoms with Crippen molar-refractivity contribution in [1.29, 1.82) is 0 Å². The molecule has 18 heavy (non-hydrogen) atoms. The van der Waals surface area contributed by atoms with Crippen LogP contribution in [0.25, 0.3) is 0 Å². The van der Waals surface area contributed by atoms with Crippen LogP contribution in [0.1, 0.15) is 13.8 Å². The molecule has 0 aromatic heterocycles. The molecule has 0 fully saturated rings. The molecule has 2 N–H and O–H groups in total. The van der Waals surface area contributed by atoms with Gasteiger partial charge < -0.3 is 10.4 Å². The van der Waals surface area contributed by atoms with Crippen molar-refractivity contribution in [2.45, 2.75) is 13.8 Å². The van der Waals surface area contributed by atoms with Crippen molar-refractivity contribution >= 4 is 56.7 Å². The molecule has 0 bridgehead atoms. The third kappa shape index (κ3) is 3.16. The first-order valence-corrected chi connectivity index (χ1v) is 6.40. The second-order valence-electron chi connectivity index (χ2n) is 4.13. The summed E-state index contributed by atoms with van der Waals surface area (Å²) in [6, 6.07) is 3.10. The van der Waals surface area contributed by atoms with Gasteiger partial charge in [0, 0.05) is 4.47 Å². The van der Waals surface area contributed by atoms with E-state index >= 15 is 0 Å². The van der Waals surface area contributed by atoms with Crippen LogP contribution in [0.5, 0.6) is 0 Å². The highest BCUT2D eigenvalue weighted by atomic mass is 79.9. The summed E-state index contributed by atoms with van der Waals surface area (Å²) in [5.41, 5.74) is -1.37. The molecule has 98 valence electrons. The number of carbonyl (C=O) groups excluding carboxylic acids is 1. The lowest BCUT2D eigenvalue weighted by molar-refractivity contribution is -0.151. The Bertz CT molecular complexity index is 494. The number of aliphatic carboxylic acids is 1. The molecule has 0 aliphatic carbocycles. The standard InChI is InChI=1S/C11H10BrCl2NO3/c1-11(2,10(17)18)9(16)15-8-6(13)3-5(12)4-7(8)14/h3-4H,1-2H3,(H,15,16)(H,17,18). The van der Waals surface area contributed by atoms with Crippen LogP contribution in [0.3, 0.4) is 0 Å². The van der Waals surface area contributed by atoms with Gasteiger partial charge >= 0.3 is 5.97 Å². The van der Waals surface area contributed by atoms with Crippen LogP contribution >= 0.6 is 39.1 Å². The first kappa shape index (κ1) is 15.3. The predicted octanol–water partition coefficient (Wildman–Crippen LogP) is 3.81. The largest absolute Gasteiger partial charge is 0.480 e. The SMILES string of the molecule is CC(C)(C(=O)O)C(=O)Nc1c(Cl)cc(Br)cc1Cl. The number of carboxylic acid groups (broad SMARTS) is 1. The Balaban J connectivity index is 3.07. The number of carboxylic acids is 1. The van der Waals surface area contributed by atoms with Gasteiger partial charge in [-0.15, -0.1) is 0 Å². The van der Waals surface area contributed by atoms with E-state index in [0.29, 0.717) is 4.47 Å². The van der Waals surface area contributed by atoms with E-state index in [1.807, 2.05) is 0 Å².